The van der Waals surface area contributed by atoms with Gasteiger partial charge in [0.05, 0.1) is 12.7 Å². The zero-order valence-corrected chi connectivity index (χ0v) is 14.6. The molecular weight excluding hydrogens is 380 g/mol. The number of halogens is 4. The Labute approximate surface area is 157 Å². The van der Waals surface area contributed by atoms with E-state index in [1.807, 2.05) is 0 Å². The molecule has 0 aliphatic heterocycles. The van der Waals surface area contributed by atoms with Crippen LogP contribution in [0.15, 0.2) is 53.0 Å². The van der Waals surface area contributed by atoms with Gasteiger partial charge in [-0.2, -0.15) is 13.2 Å². The summed E-state index contributed by atoms with van der Waals surface area (Å²) in [5, 5.41) is 0. The van der Waals surface area contributed by atoms with Gasteiger partial charge >= 0.3 is 6.18 Å². The van der Waals surface area contributed by atoms with Crippen LogP contribution >= 0.6 is 0 Å². The van der Waals surface area contributed by atoms with Gasteiger partial charge in [0.2, 0.25) is 0 Å². The number of aliphatic imine (C=N–C) groups is 1. The lowest BCUT2D eigenvalue weighted by Crippen LogP contribution is -2.20. The first-order valence-electron chi connectivity index (χ1n) is 7.79. The van der Waals surface area contributed by atoms with Crippen molar-refractivity contribution in [2.75, 3.05) is 7.11 Å². The molecule has 1 aromatic carbocycles. The molecule has 0 atom stereocenters. The number of hydrogen-bond donors (Lipinski definition) is 2. The molecular formula is C18H16F4N4O2. The summed E-state index contributed by atoms with van der Waals surface area (Å²) in [6.45, 7) is 0. The smallest absolute Gasteiger partial charge is 0.416 e. The highest BCUT2D eigenvalue weighted by atomic mass is 19.4. The number of methoxy groups -OCH3 is 1. The highest BCUT2D eigenvalue weighted by Gasteiger charge is 2.31. The van der Waals surface area contributed by atoms with Crippen molar-refractivity contribution in [1.29, 1.82) is 0 Å². The molecule has 0 unspecified atom stereocenters. The van der Waals surface area contributed by atoms with Crippen LogP contribution in [0.5, 0.6) is 0 Å². The van der Waals surface area contributed by atoms with Gasteiger partial charge in [-0.15, -0.1) is 0 Å². The van der Waals surface area contributed by atoms with E-state index in [-0.39, 0.29) is 29.3 Å². The van der Waals surface area contributed by atoms with E-state index in [9.17, 15) is 22.4 Å². The molecule has 0 bridgehead atoms. The fourth-order valence-electron chi connectivity index (χ4n) is 2.28. The van der Waals surface area contributed by atoms with Crippen LogP contribution in [0.25, 0.3) is 0 Å². The molecule has 0 aliphatic carbocycles. The number of hydrogen-bond acceptors (Lipinski definition) is 5. The van der Waals surface area contributed by atoms with Crippen molar-refractivity contribution in [2.45, 2.75) is 12.6 Å². The summed E-state index contributed by atoms with van der Waals surface area (Å²) in [7, 11) is 1.25. The Bertz CT molecular complexity index is 939. The molecule has 0 saturated heterocycles. The molecule has 1 aromatic heterocycles. The summed E-state index contributed by atoms with van der Waals surface area (Å²) in [4.78, 5) is 19.3. The Balaban J connectivity index is 2.28. The van der Waals surface area contributed by atoms with E-state index in [0.717, 1.165) is 18.3 Å². The highest BCUT2D eigenvalue weighted by Crippen LogP contribution is 2.31. The monoisotopic (exact) mass is 396 g/mol. The number of benzene rings is 1. The molecule has 10 heteroatoms. The van der Waals surface area contributed by atoms with Gasteiger partial charge in [0.1, 0.15) is 11.4 Å². The molecule has 0 radical (unpaired) electrons. The van der Waals surface area contributed by atoms with E-state index in [0.29, 0.717) is 11.6 Å². The van der Waals surface area contributed by atoms with E-state index in [4.69, 9.17) is 16.2 Å². The standard InChI is InChI=1S/C18H16F4N4O2/c1-28-17(24)14(16(23)27)9-26-15-7-10(2-3-25-15)4-11-5-12(18(20,21)22)8-13(19)6-11/h2-3,5-9H,4,24H2,1H3,(H2,23,27)/b17-14-,26-9?. The van der Waals surface area contributed by atoms with Crippen LogP contribution in [0, 0.1) is 5.82 Å². The van der Waals surface area contributed by atoms with Crippen molar-refractivity contribution in [3.8, 4) is 0 Å². The van der Waals surface area contributed by atoms with Crippen LogP contribution in [0.4, 0.5) is 23.4 Å². The molecule has 1 amide bonds. The predicted octanol–water partition coefficient (Wildman–Crippen LogP) is 2.83. The summed E-state index contributed by atoms with van der Waals surface area (Å²) >= 11 is 0. The van der Waals surface area contributed by atoms with E-state index in [1.165, 1.54) is 19.4 Å². The summed E-state index contributed by atoms with van der Waals surface area (Å²) < 4.78 is 56.7. The third-order valence-electron chi connectivity index (χ3n) is 3.58. The zero-order chi connectivity index (χ0) is 20.9. The first-order chi connectivity index (χ1) is 13.1. The molecule has 0 spiro atoms. The lowest BCUT2D eigenvalue weighted by atomic mass is 10.0. The Kier molecular flexibility index (Phi) is 6.34. The molecule has 148 valence electrons. The Morgan fingerprint density at radius 2 is 1.93 bits per heavy atom. The zero-order valence-electron chi connectivity index (χ0n) is 14.6. The lowest BCUT2D eigenvalue weighted by Gasteiger charge is -2.10. The third kappa shape index (κ3) is 5.53. The van der Waals surface area contributed by atoms with Crippen molar-refractivity contribution in [2.24, 2.45) is 16.5 Å². The number of ether oxygens (including phenoxy) is 1. The van der Waals surface area contributed by atoms with Crippen LogP contribution in [0.2, 0.25) is 0 Å². The van der Waals surface area contributed by atoms with Crippen molar-refractivity contribution in [1.82, 2.24) is 4.98 Å². The minimum atomic E-state index is -4.65. The number of carbonyl (C=O) groups is 1. The van der Waals surface area contributed by atoms with Gasteiger partial charge in [0, 0.05) is 12.4 Å². The van der Waals surface area contributed by atoms with Crippen molar-refractivity contribution in [3.05, 3.63) is 70.5 Å². The maximum Gasteiger partial charge on any atom is 0.416 e. The van der Waals surface area contributed by atoms with E-state index in [2.05, 4.69) is 9.98 Å². The quantitative estimate of drug-likeness (QED) is 0.339. The number of rotatable bonds is 6. The first-order valence-corrected chi connectivity index (χ1v) is 7.79. The maximum absolute atomic E-state index is 13.5. The van der Waals surface area contributed by atoms with Gasteiger partial charge < -0.3 is 16.2 Å². The molecule has 6 nitrogen and oxygen atoms in total. The third-order valence-corrected chi connectivity index (χ3v) is 3.58. The number of carbonyl (C=O) groups excluding carboxylic acids is 1. The average Bonchev–Trinajstić information content (AvgIpc) is 2.60. The van der Waals surface area contributed by atoms with Gasteiger partial charge in [-0.05, 0) is 47.9 Å². The van der Waals surface area contributed by atoms with Gasteiger partial charge in [0.15, 0.2) is 11.7 Å². The predicted molar refractivity (Wildman–Crippen MR) is 94.0 cm³/mol. The summed E-state index contributed by atoms with van der Waals surface area (Å²) in [6.07, 6.45) is -2.19. The average molecular weight is 396 g/mol. The Hall–Kier alpha value is -3.43. The van der Waals surface area contributed by atoms with Gasteiger partial charge in [-0.3, -0.25) is 4.79 Å². The minimum Gasteiger partial charge on any atom is -0.482 e. The van der Waals surface area contributed by atoms with Crippen molar-refractivity contribution < 1.29 is 27.1 Å². The SMILES string of the molecule is CO/C(N)=C(/C=Nc1cc(Cc2cc(F)cc(C(F)(F)F)c2)ccn1)C(N)=O. The number of aromatic nitrogens is 1. The van der Waals surface area contributed by atoms with Gasteiger partial charge in [0.25, 0.3) is 5.91 Å². The molecule has 4 N–H and O–H groups in total. The number of nitrogens with zero attached hydrogens (tertiary/aromatic N) is 2. The summed E-state index contributed by atoms with van der Waals surface area (Å²) in [5.41, 5.74) is 10.1. The maximum atomic E-state index is 13.5. The van der Waals surface area contributed by atoms with Gasteiger partial charge in [-0.1, -0.05) is 0 Å². The number of alkyl halides is 3. The van der Waals surface area contributed by atoms with Crippen LogP contribution in [-0.2, 0) is 22.1 Å². The number of amides is 1. The van der Waals surface area contributed by atoms with E-state index >= 15 is 0 Å². The molecule has 0 saturated carbocycles. The molecule has 1 heterocycles. The highest BCUT2D eigenvalue weighted by molar-refractivity contribution is 6.12. The molecule has 0 fully saturated rings. The first kappa shape index (κ1) is 20.9. The molecule has 28 heavy (non-hydrogen) atoms. The molecule has 2 aromatic rings. The molecule has 2 rings (SSSR count). The topological polar surface area (TPSA) is 104 Å². The lowest BCUT2D eigenvalue weighted by molar-refractivity contribution is -0.137. The number of nitrogens with two attached hydrogens (primary N) is 2. The van der Waals surface area contributed by atoms with Crippen LogP contribution in [0.3, 0.4) is 0 Å². The number of pyridine rings is 1. The fourth-order valence-corrected chi connectivity index (χ4v) is 2.28. The van der Waals surface area contributed by atoms with E-state index in [1.54, 1.807) is 6.07 Å². The van der Waals surface area contributed by atoms with Crippen LogP contribution in [0.1, 0.15) is 16.7 Å². The van der Waals surface area contributed by atoms with Crippen LogP contribution in [-0.4, -0.2) is 24.2 Å². The second-order valence-electron chi connectivity index (χ2n) is 5.65. The second-order valence-corrected chi connectivity index (χ2v) is 5.65. The van der Waals surface area contributed by atoms with Crippen LogP contribution < -0.4 is 11.5 Å². The largest absolute Gasteiger partial charge is 0.482 e. The second kappa shape index (κ2) is 8.51. The Morgan fingerprint density at radius 3 is 2.54 bits per heavy atom. The fraction of sp³-hybridized carbons (Fsp3) is 0.167. The normalized spacial score (nSPS) is 12.8. The minimum absolute atomic E-state index is 0.0185. The molecule has 0 aliphatic rings. The van der Waals surface area contributed by atoms with Crippen molar-refractivity contribution >= 4 is 17.9 Å². The van der Waals surface area contributed by atoms with Gasteiger partial charge in [-0.25, -0.2) is 14.4 Å². The number of primary amides is 1. The van der Waals surface area contributed by atoms with E-state index < -0.39 is 23.5 Å². The van der Waals surface area contributed by atoms with Crippen molar-refractivity contribution in [3.63, 3.8) is 0 Å². The Morgan fingerprint density at radius 1 is 1.21 bits per heavy atom. The summed E-state index contributed by atoms with van der Waals surface area (Å²) in [5.74, 6) is -1.93. The summed E-state index contributed by atoms with van der Waals surface area (Å²) in [6, 6.07) is 5.34.